The standard InChI is InChI=1S/C21H23ClN2O2/c1-4-24(16-8-5-7-14(2)13-16)20(26)21(11-12-21)19(25)23-18-10-6-9-17(22)15(18)3/h5-10,13H,4,11-12H2,1-3H3,(H,23,25). The molecule has 0 spiro atoms. The number of halogens is 1. The van der Waals surface area contributed by atoms with Crippen molar-refractivity contribution in [3.05, 3.63) is 58.6 Å². The number of aryl methyl sites for hydroxylation is 1. The molecule has 1 fully saturated rings. The van der Waals surface area contributed by atoms with E-state index in [1.54, 1.807) is 23.1 Å². The Labute approximate surface area is 159 Å². The van der Waals surface area contributed by atoms with Crippen LogP contribution in [-0.4, -0.2) is 18.4 Å². The van der Waals surface area contributed by atoms with E-state index in [0.717, 1.165) is 16.8 Å². The number of carbonyl (C=O) groups excluding carboxylic acids is 2. The Balaban J connectivity index is 1.83. The van der Waals surface area contributed by atoms with Gasteiger partial charge in [-0.2, -0.15) is 0 Å². The average Bonchev–Trinajstić information content (AvgIpc) is 3.41. The lowest BCUT2D eigenvalue weighted by Crippen LogP contribution is -2.43. The summed E-state index contributed by atoms with van der Waals surface area (Å²) in [6.45, 7) is 6.29. The maximum absolute atomic E-state index is 13.2. The van der Waals surface area contributed by atoms with Crippen LogP contribution in [0.2, 0.25) is 5.02 Å². The van der Waals surface area contributed by atoms with Crippen molar-refractivity contribution in [2.24, 2.45) is 5.41 Å². The van der Waals surface area contributed by atoms with Gasteiger partial charge >= 0.3 is 0 Å². The molecule has 5 heteroatoms. The molecule has 0 unspecified atom stereocenters. The highest BCUT2D eigenvalue weighted by atomic mass is 35.5. The monoisotopic (exact) mass is 370 g/mol. The third-order valence-electron chi connectivity index (χ3n) is 4.98. The SMILES string of the molecule is CCN(C(=O)C1(C(=O)Nc2cccc(Cl)c2C)CC1)c1cccc(C)c1. The van der Waals surface area contributed by atoms with Crippen molar-refractivity contribution in [1.29, 1.82) is 0 Å². The van der Waals surface area contributed by atoms with Gasteiger partial charge in [0.25, 0.3) is 0 Å². The first-order valence-corrected chi connectivity index (χ1v) is 9.22. The van der Waals surface area contributed by atoms with Crippen LogP contribution in [0.25, 0.3) is 0 Å². The molecule has 3 rings (SSSR count). The lowest BCUT2D eigenvalue weighted by Gasteiger charge is -2.26. The van der Waals surface area contributed by atoms with Crippen LogP contribution in [-0.2, 0) is 9.59 Å². The molecule has 1 N–H and O–H groups in total. The zero-order chi connectivity index (χ0) is 18.9. The molecule has 1 aliphatic rings. The van der Waals surface area contributed by atoms with Gasteiger partial charge in [0.05, 0.1) is 0 Å². The number of benzene rings is 2. The fourth-order valence-electron chi connectivity index (χ4n) is 3.15. The molecule has 1 saturated carbocycles. The number of carbonyl (C=O) groups is 2. The highest BCUT2D eigenvalue weighted by Gasteiger charge is 2.58. The minimum absolute atomic E-state index is 0.136. The molecule has 4 nitrogen and oxygen atoms in total. The summed E-state index contributed by atoms with van der Waals surface area (Å²) in [6, 6.07) is 13.2. The van der Waals surface area contributed by atoms with E-state index in [1.807, 2.05) is 45.0 Å². The first kappa shape index (κ1) is 18.5. The van der Waals surface area contributed by atoms with Crippen LogP contribution in [0.15, 0.2) is 42.5 Å². The lowest BCUT2D eigenvalue weighted by molar-refractivity contribution is -0.132. The molecule has 0 aliphatic heterocycles. The summed E-state index contributed by atoms with van der Waals surface area (Å²) < 4.78 is 0. The predicted octanol–water partition coefficient (Wildman–Crippen LogP) is 4.73. The maximum atomic E-state index is 13.2. The Hall–Kier alpha value is -2.33. The molecule has 2 aromatic carbocycles. The second-order valence-corrected chi connectivity index (χ2v) is 7.24. The summed E-state index contributed by atoms with van der Waals surface area (Å²) in [6.07, 6.45) is 1.14. The molecule has 2 aromatic rings. The number of amides is 2. The number of nitrogens with zero attached hydrogens (tertiary/aromatic N) is 1. The third-order valence-corrected chi connectivity index (χ3v) is 5.39. The van der Waals surface area contributed by atoms with Gasteiger partial charge in [0.2, 0.25) is 11.8 Å². The van der Waals surface area contributed by atoms with E-state index < -0.39 is 5.41 Å². The molecule has 0 radical (unpaired) electrons. The largest absolute Gasteiger partial charge is 0.325 e. The summed E-state index contributed by atoms with van der Waals surface area (Å²) in [5, 5.41) is 3.50. The molecule has 0 saturated heterocycles. The number of hydrogen-bond donors (Lipinski definition) is 1. The van der Waals surface area contributed by atoms with Crippen LogP contribution in [0, 0.1) is 19.3 Å². The molecule has 0 heterocycles. The summed E-state index contributed by atoms with van der Waals surface area (Å²) in [7, 11) is 0. The summed E-state index contributed by atoms with van der Waals surface area (Å²) in [5.74, 6) is -0.387. The maximum Gasteiger partial charge on any atom is 0.242 e. The van der Waals surface area contributed by atoms with Crippen molar-refractivity contribution in [3.8, 4) is 0 Å². The second-order valence-electron chi connectivity index (χ2n) is 6.84. The molecule has 0 atom stereocenters. The molecule has 2 amide bonds. The van der Waals surface area contributed by atoms with E-state index in [4.69, 9.17) is 11.6 Å². The first-order valence-electron chi connectivity index (χ1n) is 8.84. The predicted molar refractivity (Wildman–Crippen MR) is 106 cm³/mol. The number of rotatable bonds is 5. The van der Waals surface area contributed by atoms with Crippen molar-refractivity contribution in [1.82, 2.24) is 0 Å². The number of nitrogens with one attached hydrogen (secondary N) is 1. The summed E-state index contributed by atoms with van der Waals surface area (Å²) in [4.78, 5) is 27.8. The van der Waals surface area contributed by atoms with Gasteiger partial charge in [-0.1, -0.05) is 29.8 Å². The molecule has 136 valence electrons. The molecule has 0 bridgehead atoms. The topological polar surface area (TPSA) is 49.4 Å². The third kappa shape index (κ3) is 3.34. The van der Waals surface area contributed by atoms with Gasteiger partial charge in [-0.15, -0.1) is 0 Å². The average molecular weight is 371 g/mol. The van der Waals surface area contributed by atoms with Crippen molar-refractivity contribution < 1.29 is 9.59 Å². The fraction of sp³-hybridized carbons (Fsp3) is 0.333. The van der Waals surface area contributed by atoms with E-state index in [2.05, 4.69) is 5.32 Å². The first-order chi connectivity index (χ1) is 12.4. The highest BCUT2D eigenvalue weighted by Crippen LogP contribution is 2.49. The highest BCUT2D eigenvalue weighted by molar-refractivity contribution is 6.31. The van der Waals surface area contributed by atoms with Crippen LogP contribution < -0.4 is 10.2 Å². The Bertz CT molecular complexity index is 859. The van der Waals surface area contributed by atoms with Crippen LogP contribution >= 0.6 is 11.6 Å². The van der Waals surface area contributed by atoms with Crippen LogP contribution in [0.1, 0.15) is 30.9 Å². The molecular formula is C21H23ClN2O2. The van der Waals surface area contributed by atoms with Gasteiger partial charge in [0, 0.05) is 22.9 Å². The smallest absolute Gasteiger partial charge is 0.242 e. The Morgan fingerprint density at radius 2 is 1.85 bits per heavy atom. The normalized spacial score (nSPS) is 14.6. The number of hydrogen-bond acceptors (Lipinski definition) is 2. The van der Waals surface area contributed by atoms with Crippen LogP contribution in [0.5, 0.6) is 0 Å². The molecule has 26 heavy (non-hydrogen) atoms. The van der Waals surface area contributed by atoms with E-state index in [9.17, 15) is 9.59 Å². The van der Waals surface area contributed by atoms with Gasteiger partial charge in [-0.25, -0.2) is 0 Å². The Morgan fingerprint density at radius 3 is 2.46 bits per heavy atom. The van der Waals surface area contributed by atoms with Gasteiger partial charge in [-0.05, 0) is 69.0 Å². The van der Waals surface area contributed by atoms with Crippen LogP contribution in [0.4, 0.5) is 11.4 Å². The molecule has 1 aliphatic carbocycles. The van der Waals surface area contributed by atoms with Crippen molar-refractivity contribution in [2.45, 2.75) is 33.6 Å². The summed E-state index contributed by atoms with van der Waals surface area (Å²) in [5.41, 5.74) is 2.39. The van der Waals surface area contributed by atoms with Gasteiger partial charge < -0.3 is 10.2 Å². The summed E-state index contributed by atoms with van der Waals surface area (Å²) >= 11 is 6.13. The quantitative estimate of drug-likeness (QED) is 0.773. The van der Waals surface area contributed by atoms with E-state index in [1.165, 1.54) is 0 Å². The van der Waals surface area contributed by atoms with Crippen LogP contribution in [0.3, 0.4) is 0 Å². The van der Waals surface area contributed by atoms with Gasteiger partial charge in [0.1, 0.15) is 5.41 Å². The molecular weight excluding hydrogens is 348 g/mol. The number of anilines is 2. The van der Waals surface area contributed by atoms with Crippen molar-refractivity contribution in [3.63, 3.8) is 0 Å². The van der Waals surface area contributed by atoms with Crippen molar-refractivity contribution >= 4 is 34.8 Å². The fourth-order valence-corrected chi connectivity index (χ4v) is 3.32. The minimum atomic E-state index is -0.978. The minimum Gasteiger partial charge on any atom is -0.325 e. The lowest BCUT2D eigenvalue weighted by atomic mass is 10.0. The van der Waals surface area contributed by atoms with E-state index in [-0.39, 0.29) is 11.8 Å². The Morgan fingerprint density at radius 1 is 1.15 bits per heavy atom. The second kappa shape index (κ2) is 7.12. The zero-order valence-corrected chi connectivity index (χ0v) is 16.1. The Kier molecular flexibility index (Phi) is 5.05. The van der Waals surface area contributed by atoms with Gasteiger partial charge in [0.15, 0.2) is 0 Å². The van der Waals surface area contributed by atoms with Gasteiger partial charge in [-0.3, -0.25) is 9.59 Å². The molecule has 0 aromatic heterocycles. The van der Waals surface area contributed by atoms with Crippen molar-refractivity contribution in [2.75, 3.05) is 16.8 Å². The van der Waals surface area contributed by atoms with E-state index >= 15 is 0 Å². The van der Waals surface area contributed by atoms with E-state index in [0.29, 0.717) is 30.1 Å². The zero-order valence-electron chi connectivity index (χ0n) is 15.3.